The van der Waals surface area contributed by atoms with Crippen molar-refractivity contribution in [3.05, 3.63) is 23.8 Å². The van der Waals surface area contributed by atoms with Gasteiger partial charge in [-0.15, -0.1) is 0 Å². The molecule has 0 unspecified atom stereocenters. The molecule has 10 atom stereocenters. The molecule has 0 aromatic heterocycles. The first kappa shape index (κ1) is 26.5. The smallest absolute Gasteiger partial charge is 0.229 e. The first-order chi connectivity index (χ1) is 16.2. The lowest BCUT2D eigenvalue weighted by molar-refractivity contribution is -0.323. The summed E-state index contributed by atoms with van der Waals surface area (Å²) < 4.78 is 27.1. The van der Waals surface area contributed by atoms with E-state index in [-0.39, 0.29) is 17.9 Å². The molecule has 13 nitrogen and oxygen atoms in total. The first-order valence-corrected chi connectivity index (χ1v) is 10.5. The SMILES string of the molecule is COc1cc(CC#N)ccc1O[C@@H]1O[C@H](CO[C@@H]2O[C@H](CO)[C@@H](O)[C@H](O)[C@H]2O)[C@@H](O)[C@H](O)[C@H]1O. The molecule has 190 valence electrons. The molecule has 2 aliphatic rings. The van der Waals surface area contributed by atoms with Crippen LogP contribution in [0.2, 0.25) is 0 Å². The fraction of sp³-hybridized carbons (Fsp3) is 0.667. The summed E-state index contributed by atoms with van der Waals surface area (Å²) in [6.07, 6.45) is -15.1. The molecule has 1 aromatic carbocycles. The van der Waals surface area contributed by atoms with E-state index in [4.69, 9.17) is 28.9 Å². The summed E-state index contributed by atoms with van der Waals surface area (Å²) in [5.74, 6) is 0.392. The quantitative estimate of drug-likeness (QED) is 0.192. The maximum atomic E-state index is 10.3. The largest absolute Gasteiger partial charge is 0.493 e. The molecule has 0 saturated carbocycles. The van der Waals surface area contributed by atoms with Gasteiger partial charge >= 0.3 is 0 Å². The third kappa shape index (κ3) is 5.58. The maximum absolute atomic E-state index is 10.3. The van der Waals surface area contributed by atoms with Crippen molar-refractivity contribution in [2.75, 3.05) is 20.3 Å². The second-order valence-corrected chi connectivity index (χ2v) is 7.98. The summed E-state index contributed by atoms with van der Waals surface area (Å²) in [4.78, 5) is 0. The summed E-state index contributed by atoms with van der Waals surface area (Å²) in [6, 6.07) is 6.69. The number of hydrogen-bond acceptors (Lipinski definition) is 13. The molecule has 34 heavy (non-hydrogen) atoms. The minimum Gasteiger partial charge on any atom is -0.493 e. The van der Waals surface area contributed by atoms with E-state index in [9.17, 15) is 35.7 Å². The lowest BCUT2D eigenvalue weighted by Gasteiger charge is -2.42. The Bertz CT molecular complexity index is 848. The van der Waals surface area contributed by atoms with E-state index in [2.05, 4.69) is 0 Å². The third-order valence-electron chi connectivity index (χ3n) is 5.70. The normalized spacial score (nSPS) is 38.2. The predicted octanol–water partition coefficient (Wildman–Crippen LogP) is -3.24. The number of aliphatic hydroxyl groups is 7. The Morgan fingerprint density at radius 2 is 1.47 bits per heavy atom. The molecule has 13 heteroatoms. The van der Waals surface area contributed by atoms with Gasteiger partial charge in [0.15, 0.2) is 17.8 Å². The van der Waals surface area contributed by atoms with Crippen LogP contribution < -0.4 is 9.47 Å². The molecule has 2 aliphatic heterocycles. The summed E-state index contributed by atoms with van der Waals surface area (Å²) in [6.45, 7) is -1.13. The molecule has 2 fully saturated rings. The second-order valence-electron chi connectivity index (χ2n) is 7.98. The van der Waals surface area contributed by atoms with Gasteiger partial charge in [0.05, 0.1) is 32.8 Å². The highest BCUT2D eigenvalue weighted by atomic mass is 16.7. The van der Waals surface area contributed by atoms with Crippen molar-refractivity contribution < 1.29 is 59.4 Å². The van der Waals surface area contributed by atoms with E-state index in [0.29, 0.717) is 5.56 Å². The predicted molar refractivity (Wildman–Crippen MR) is 109 cm³/mol. The molecule has 2 heterocycles. The number of nitrogens with zero attached hydrogens (tertiary/aromatic N) is 1. The molecule has 0 radical (unpaired) electrons. The van der Waals surface area contributed by atoms with Gasteiger partial charge in [-0.2, -0.15) is 5.26 Å². The molecule has 0 bridgehead atoms. The van der Waals surface area contributed by atoms with Crippen molar-refractivity contribution in [3.63, 3.8) is 0 Å². The number of ether oxygens (including phenoxy) is 5. The van der Waals surface area contributed by atoms with E-state index >= 15 is 0 Å². The van der Waals surface area contributed by atoms with Crippen LogP contribution in [-0.2, 0) is 20.6 Å². The van der Waals surface area contributed by atoms with Gasteiger partial charge in [-0.1, -0.05) is 6.07 Å². The zero-order valence-electron chi connectivity index (χ0n) is 18.2. The average molecular weight is 487 g/mol. The molecule has 0 amide bonds. The Morgan fingerprint density at radius 1 is 0.853 bits per heavy atom. The fourth-order valence-electron chi connectivity index (χ4n) is 3.68. The zero-order valence-corrected chi connectivity index (χ0v) is 18.2. The molecule has 3 rings (SSSR count). The molecule has 1 aromatic rings. The first-order valence-electron chi connectivity index (χ1n) is 10.5. The summed E-state index contributed by atoms with van der Waals surface area (Å²) in [5, 5.41) is 78.9. The fourth-order valence-corrected chi connectivity index (χ4v) is 3.68. The van der Waals surface area contributed by atoms with Crippen LogP contribution in [0.25, 0.3) is 0 Å². The number of aliphatic hydroxyl groups excluding tert-OH is 7. The topological polar surface area (TPSA) is 212 Å². The number of nitriles is 1. The Hall–Kier alpha value is -2.09. The Kier molecular flexibility index (Phi) is 9.01. The highest BCUT2D eigenvalue weighted by Gasteiger charge is 2.48. The van der Waals surface area contributed by atoms with Gasteiger partial charge in [-0.05, 0) is 17.7 Å². The maximum Gasteiger partial charge on any atom is 0.229 e. The molecule has 0 spiro atoms. The standard InChI is InChI=1S/C21H29NO12/c1-30-11-6-9(4-5-22)2-3-10(11)32-21-19(29)17(27)15(25)13(34-21)8-31-20-18(28)16(26)14(24)12(7-23)33-20/h2-3,6,12-21,23-29H,4,7-8H2,1H3/t12-,13-,14-,15-,16+,17+,18-,19-,20-,21-/m1/s1. The van der Waals surface area contributed by atoms with Crippen LogP contribution in [0.5, 0.6) is 11.5 Å². The van der Waals surface area contributed by atoms with Crippen LogP contribution in [0, 0.1) is 11.3 Å². The van der Waals surface area contributed by atoms with Crippen LogP contribution >= 0.6 is 0 Å². The number of hydrogen-bond donors (Lipinski definition) is 7. The number of benzene rings is 1. The summed E-state index contributed by atoms with van der Waals surface area (Å²) in [7, 11) is 1.38. The van der Waals surface area contributed by atoms with Crippen LogP contribution in [-0.4, -0.2) is 117 Å². The minimum absolute atomic E-state index is 0.140. The van der Waals surface area contributed by atoms with Crippen molar-refractivity contribution in [2.24, 2.45) is 0 Å². The Labute approximate surface area is 194 Å². The summed E-state index contributed by atoms with van der Waals surface area (Å²) in [5.41, 5.74) is 0.665. The average Bonchev–Trinajstić information content (AvgIpc) is 2.84. The summed E-state index contributed by atoms with van der Waals surface area (Å²) >= 11 is 0. The molecular formula is C21H29NO12. The Morgan fingerprint density at radius 3 is 2.09 bits per heavy atom. The van der Waals surface area contributed by atoms with E-state index in [0.717, 1.165) is 0 Å². The number of methoxy groups -OCH3 is 1. The zero-order chi connectivity index (χ0) is 25.0. The van der Waals surface area contributed by atoms with Crippen molar-refractivity contribution in [1.29, 1.82) is 5.26 Å². The molecule has 7 N–H and O–H groups in total. The van der Waals surface area contributed by atoms with Crippen molar-refractivity contribution in [3.8, 4) is 17.6 Å². The molecule has 0 aliphatic carbocycles. The van der Waals surface area contributed by atoms with Gasteiger partial charge in [0.1, 0.15) is 48.8 Å². The number of rotatable bonds is 8. The van der Waals surface area contributed by atoms with Gasteiger partial charge in [0.25, 0.3) is 0 Å². The van der Waals surface area contributed by atoms with E-state index in [1.807, 2.05) is 6.07 Å². The van der Waals surface area contributed by atoms with E-state index in [1.165, 1.54) is 13.2 Å². The monoisotopic (exact) mass is 487 g/mol. The lowest BCUT2D eigenvalue weighted by Crippen LogP contribution is -2.62. The molecule has 2 saturated heterocycles. The van der Waals surface area contributed by atoms with Crippen LogP contribution in [0.3, 0.4) is 0 Å². The van der Waals surface area contributed by atoms with Gasteiger partial charge in [-0.3, -0.25) is 0 Å². The van der Waals surface area contributed by atoms with Crippen LogP contribution in [0.4, 0.5) is 0 Å². The van der Waals surface area contributed by atoms with E-state index in [1.54, 1.807) is 12.1 Å². The van der Waals surface area contributed by atoms with Gasteiger partial charge < -0.3 is 59.4 Å². The van der Waals surface area contributed by atoms with E-state index < -0.39 is 74.6 Å². The highest BCUT2D eigenvalue weighted by Crippen LogP contribution is 2.32. The second kappa shape index (κ2) is 11.6. The lowest BCUT2D eigenvalue weighted by atomic mass is 9.98. The Balaban J connectivity index is 1.69. The van der Waals surface area contributed by atoms with Crippen LogP contribution in [0.1, 0.15) is 5.56 Å². The third-order valence-corrected chi connectivity index (χ3v) is 5.70. The van der Waals surface area contributed by atoms with Crippen molar-refractivity contribution >= 4 is 0 Å². The van der Waals surface area contributed by atoms with Gasteiger partial charge in [-0.25, -0.2) is 0 Å². The van der Waals surface area contributed by atoms with Crippen molar-refractivity contribution in [2.45, 2.75) is 67.8 Å². The minimum atomic E-state index is -1.69. The van der Waals surface area contributed by atoms with Crippen molar-refractivity contribution in [1.82, 2.24) is 0 Å². The highest BCUT2D eigenvalue weighted by molar-refractivity contribution is 5.43. The van der Waals surface area contributed by atoms with Gasteiger partial charge in [0.2, 0.25) is 6.29 Å². The molecular weight excluding hydrogens is 458 g/mol. The van der Waals surface area contributed by atoms with Crippen LogP contribution in [0.15, 0.2) is 18.2 Å². The van der Waals surface area contributed by atoms with Gasteiger partial charge in [0, 0.05) is 0 Å².